The third kappa shape index (κ3) is 3.00. The minimum absolute atomic E-state index is 0.00220. The Labute approximate surface area is 151 Å². The lowest BCUT2D eigenvalue weighted by atomic mass is 10.1. The molecule has 0 bridgehead atoms. The number of primary amides is 1. The van der Waals surface area contributed by atoms with Gasteiger partial charge >= 0.3 is 0 Å². The lowest BCUT2D eigenvalue weighted by Crippen LogP contribution is -2.21. The first-order chi connectivity index (χ1) is 12.3. The Balaban J connectivity index is 2.33. The molecule has 0 fully saturated rings. The monoisotopic (exact) mass is 377 g/mol. The van der Waals surface area contributed by atoms with Crippen LogP contribution in [0.25, 0.3) is 21.5 Å². The molecule has 1 atom stereocenters. The number of rotatable bonds is 5. The summed E-state index contributed by atoms with van der Waals surface area (Å²) in [5.41, 5.74) is 11.5. The molecule has 8 nitrogen and oxygen atoms in total. The van der Waals surface area contributed by atoms with Gasteiger partial charge in [0.05, 0.1) is 23.4 Å². The van der Waals surface area contributed by atoms with Crippen molar-refractivity contribution in [1.82, 2.24) is 9.97 Å². The van der Waals surface area contributed by atoms with Crippen molar-refractivity contribution in [1.29, 1.82) is 0 Å². The molecule has 0 aliphatic rings. The number of aromatic nitrogens is 2. The molecule has 2 heterocycles. The maximum Gasteiger partial charge on any atom is 0.260 e. The first-order valence-corrected chi connectivity index (χ1v) is 8.40. The van der Waals surface area contributed by atoms with Crippen LogP contribution in [0.2, 0.25) is 0 Å². The quantitative estimate of drug-likeness (QED) is 0.454. The van der Waals surface area contributed by atoms with Crippen molar-refractivity contribution in [3.63, 3.8) is 0 Å². The summed E-state index contributed by atoms with van der Waals surface area (Å²) in [6, 6.07) is 3.73. The minimum Gasteiger partial charge on any atom is -0.505 e. The second kappa shape index (κ2) is 6.73. The van der Waals surface area contributed by atoms with Crippen LogP contribution in [0.5, 0.6) is 5.75 Å². The number of nitrogens with one attached hydrogen (secondary N) is 1. The van der Waals surface area contributed by atoms with Crippen molar-refractivity contribution in [2.24, 2.45) is 5.73 Å². The molecule has 0 aliphatic carbocycles. The number of carbonyl (C=O) groups is 1. The third-order valence-corrected chi connectivity index (χ3v) is 4.81. The van der Waals surface area contributed by atoms with Crippen LogP contribution in [0.3, 0.4) is 0 Å². The molecule has 0 saturated heterocycles. The van der Waals surface area contributed by atoms with Crippen LogP contribution in [-0.4, -0.2) is 38.7 Å². The van der Waals surface area contributed by atoms with Gasteiger partial charge in [0, 0.05) is 11.6 Å². The predicted octanol–water partition coefficient (Wildman–Crippen LogP) is 1.68. The summed E-state index contributed by atoms with van der Waals surface area (Å²) in [6.45, 7) is 1.54. The van der Waals surface area contributed by atoms with Crippen LogP contribution in [0.15, 0.2) is 18.2 Å². The zero-order valence-corrected chi connectivity index (χ0v) is 14.5. The van der Waals surface area contributed by atoms with E-state index in [1.165, 1.54) is 18.2 Å². The van der Waals surface area contributed by atoms with E-state index in [1.807, 2.05) is 0 Å². The Morgan fingerprint density at radius 2 is 2.15 bits per heavy atom. The molecule has 1 amide bonds. The summed E-state index contributed by atoms with van der Waals surface area (Å²) in [5, 5.41) is 22.0. The number of aromatic hydroxyl groups is 1. The fourth-order valence-electron chi connectivity index (χ4n) is 2.43. The zero-order chi connectivity index (χ0) is 19.0. The number of thiophene rings is 1. The number of aliphatic hydroxyl groups excluding tert-OH is 1. The van der Waals surface area contributed by atoms with Gasteiger partial charge in [-0.25, -0.2) is 14.4 Å². The van der Waals surface area contributed by atoms with E-state index in [2.05, 4.69) is 15.3 Å². The lowest BCUT2D eigenvalue weighted by molar-refractivity contribution is 0.100. The Morgan fingerprint density at radius 3 is 2.81 bits per heavy atom. The fraction of sp³-hybridized carbons (Fsp3) is 0.188. The number of phenolic OH excluding ortho intramolecular Hbond substituents is 1. The highest BCUT2D eigenvalue weighted by Gasteiger charge is 2.23. The Hall–Kier alpha value is -2.98. The third-order valence-electron chi connectivity index (χ3n) is 3.70. The number of halogens is 1. The molecule has 3 rings (SSSR count). The van der Waals surface area contributed by atoms with E-state index in [0.717, 1.165) is 11.3 Å². The average Bonchev–Trinajstić information content (AvgIpc) is 2.93. The first kappa shape index (κ1) is 17.8. The number of aliphatic hydroxyl groups is 1. The molecule has 0 radical (unpaired) electrons. The maximum atomic E-state index is 14.5. The van der Waals surface area contributed by atoms with Crippen molar-refractivity contribution >= 4 is 39.1 Å². The van der Waals surface area contributed by atoms with Crippen molar-refractivity contribution in [2.45, 2.75) is 13.0 Å². The highest BCUT2D eigenvalue weighted by atomic mass is 32.1. The second-order valence-electron chi connectivity index (χ2n) is 5.65. The van der Waals surface area contributed by atoms with Crippen LogP contribution < -0.4 is 16.8 Å². The lowest BCUT2D eigenvalue weighted by Gasteiger charge is -2.13. The van der Waals surface area contributed by atoms with E-state index in [9.17, 15) is 19.4 Å². The molecule has 0 saturated carbocycles. The molecule has 1 unspecified atom stereocenters. The van der Waals surface area contributed by atoms with E-state index >= 15 is 0 Å². The van der Waals surface area contributed by atoms with Gasteiger partial charge in [-0.05, 0) is 19.1 Å². The van der Waals surface area contributed by atoms with Crippen LogP contribution in [0, 0.1) is 5.82 Å². The number of phenols is 1. The minimum atomic E-state index is -0.875. The smallest absolute Gasteiger partial charge is 0.260 e. The van der Waals surface area contributed by atoms with Gasteiger partial charge in [0.25, 0.3) is 5.91 Å². The molecular formula is C16H16FN5O3S. The number of amides is 1. The standard InChI is InChI=1S/C16H16FN5O3S/c1-6(5-23)20-16-21-12(7-3-2-4-8(24)10(7)17)9-11(18)13(14(19)25)26-15(9)22-16/h2-4,6,23-24H,5,18H2,1H3,(H2,19,25)(H,20,21,22). The van der Waals surface area contributed by atoms with Crippen molar-refractivity contribution in [3.8, 4) is 17.0 Å². The Morgan fingerprint density at radius 1 is 1.42 bits per heavy atom. The van der Waals surface area contributed by atoms with Gasteiger partial charge < -0.3 is 27.0 Å². The Bertz CT molecular complexity index is 1010. The molecule has 0 aliphatic heterocycles. The van der Waals surface area contributed by atoms with Gasteiger partial charge in [0.2, 0.25) is 5.95 Å². The molecule has 10 heteroatoms. The van der Waals surface area contributed by atoms with E-state index in [-0.39, 0.29) is 45.8 Å². The van der Waals surface area contributed by atoms with Crippen molar-refractivity contribution in [2.75, 3.05) is 17.7 Å². The molecular weight excluding hydrogens is 361 g/mol. The second-order valence-corrected chi connectivity index (χ2v) is 6.65. The van der Waals surface area contributed by atoms with Crippen molar-refractivity contribution < 1.29 is 19.4 Å². The molecule has 136 valence electrons. The largest absolute Gasteiger partial charge is 0.505 e. The van der Waals surface area contributed by atoms with Gasteiger partial charge in [-0.1, -0.05) is 6.07 Å². The van der Waals surface area contributed by atoms with Gasteiger partial charge in [-0.2, -0.15) is 0 Å². The number of hydrogen-bond acceptors (Lipinski definition) is 8. The SMILES string of the molecule is CC(CO)Nc1nc(-c2cccc(O)c2F)c2c(N)c(C(N)=O)sc2n1. The first-order valence-electron chi connectivity index (χ1n) is 7.58. The molecule has 26 heavy (non-hydrogen) atoms. The number of hydrogen-bond donors (Lipinski definition) is 5. The molecule has 3 aromatic rings. The number of carbonyl (C=O) groups excluding carboxylic acids is 1. The van der Waals surface area contributed by atoms with Crippen LogP contribution in [0.1, 0.15) is 16.6 Å². The Kier molecular flexibility index (Phi) is 4.62. The number of anilines is 2. The molecule has 1 aromatic carbocycles. The fourth-order valence-corrected chi connectivity index (χ4v) is 3.38. The predicted molar refractivity (Wildman–Crippen MR) is 97.6 cm³/mol. The summed E-state index contributed by atoms with van der Waals surface area (Å²) in [6.07, 6.45) is 0. The van der Waals surface area contributed by atoms with Crippen LogP contribution in [0.4, 0.5) is 16.0 Å². The van der Waals surface area contributed by atoms with Gasteiger partial charge in [-0.3, -0.25) is 4.79 Å². The molecule has 0 spiro atoms. The summed E-state index contributed by atoms with van der Waals surface area (Å²) >= 11 is 0.962. The number of nitrogens with two attached hydrogens (primary N) is 2. The van der Waals surface area contributed by atoms with E-state index in [1.54, 1.807) is 6.92 Å². The summed E-state index contributed by atoms with van der Waals surface area (Å²) in [7, 11) is 0. The highest BCUT2D eigenvalue weighted by molar-refractivity contribution is 7.21. The molecule has 2 aromatic heterocycles. The van der Waals surface area contributed by atoms with Gasteiger partial charge in [0.1, 0.15) is 9.71 Å². The van der Waals surface area contributed by atoms with E-state index in [4.69, 9.17) is 11.5 Å². The van der Waals surface area contributed by atoms with Gasteiger partial charge in [-0.15, -0.1) is 11.3 Å². The number of fused-ring (bicyclic) bond motifs is 1. The highest BCUT2D eigenvalue weighted by Crippen LogP contribution is 2.40. The normalized spacial score (nSPS) is 12.3. The number of benzene rings is 1. The zero-order valence-electron chi connectivity index (χ0n) is 13.7. The maximum absolute atomic E-state index is 14.5. The number of nitrogen functional groups attached to an aromatic ring is 1. The summed E-state index contributed by atoms with van der Waals surface area (Å²) in [5.74, 6) is -2.03. The van der Waals surface area contributed by atoms with Crippen molar-refractivity contribution in [3.05, 3.63) is 28.9 Å². The average molecular weight is 377 g/mol. The summed E-state index contributed by atoms with van der Waals surface area (Å²) < 4.78 is 14.5. The topological polar surface area (TPSA) is 147 Å². The van der Waals surface area contributed by atoms with E-state index < -0.39 is 17.5 Å². The number of nitrogens with zero attached hydrogens (tertiary/aromatic N) is 2. The van der Waals surface area contributed by atoms with Crippen LogP contribution in [-0.2, 0) is 0 Å². The van der Waals surface area contributed by atoms with Crippen LogP contribution >= 0.6 is 11.3 Å². The van der Waals surface area contributed by atoms with E-state index in [0.29, 0.717) is 4.83 Å². The molecule has 7 N–H and O–H groups in total. The van der Waals surface area contributed by atoms with Gasteiger partial charge in [0.15, 0.2) is 11.6 Å². The summed E-state index contributed by atoms with van der Waals surface area (Å²) in [4.78, 5) is 20.6.